The lowest BCUT2D eigenvalue weighted by Crippen LogP contribution is -2.37. The van der Waals surface area contributed by atoms with Gasteiger partial charge in [0.15, 0.2) is 0 Å². The third kappa shape index (κ3) is 4.73. The zero-order valence-corrected chi connectivity index (χ0v) is 18.8. The van der Waals surface area contributed by atoms with Crippen molar-refractivity contribution in [3.05, 3.63) is 53.4 Å². The van der Waals surface area contributed by atoms with E-state index in [-0.39, 0.29) is 17.6 Å². The molecule has 3 aromatic rings. The van der Waals surface area contributed by atoms with E-state index in [2.05, 4.69) is 20.7 Å². The second kappa shape index (κ2) is 9.51. The Labute approximate surface area is 196 Å². The maximum atomic E-state index is 13.2. The van der Waals surface area contributed by atoms with Crippen LogP contribution >= 0.6 is 11.6 Å². The highest BCUT2D eigenvalue weighted by Gasteiger charge is 2.32. The van der Waals surface area contributed by atoms with E-state index in [0.717, 1.165) is 45.3 Å². The number of hydroxylamine groups is 2. The molecule has 2 fully saturated rings. The molecule has 1 aromatic carbocycles. The van der Waals surface area contributed by atoms with Crippen molar-refractivity contribution < 1.29 is 18.8 Å². The molecule has 5 rings (SSSR count). The van der Waals surface area contributed by atoms with Crippen molar-refractivity contribution in [2.24, 2.45) is 5.92 Å². The summed E-state index contributed by atoms with van der Waals surface area (Å²) < 4.78 is 5.83. The van der Waals surface area contributed by atoms with E-state index in [9.17, 15) is 9.59 Å². The standard InChI is InChI=1S/C24H25ClN4O4/c25-16-8-11-20(26-14-16)27-24(31)22-21(18-4-1-2-5-19(18)33-22)28-23(30)15-6-9-17(10-7-15)29-12-3-13-32-29/h1-2,4-5,8,11,14-15,17H,3,6-7,9-10,12-13H2,(H,28,30)(H,26,27,31)/t15-,17-. The predicted octanol–water partition coefficient (Wildman–Crippen LogP) is 4.87. The minimum absolute atomic E-state index is 0.0421. The average Bonchev–Trinajstić information content (AvgIpc) is 3.50. The van der Waals surface area contributed by atoms with Gasteiger partial charge < -0.3 is 15.1 Å². The quantitative estimate of drug-likeness (QED) is 0.554. The summed E-state index contributed by atoms with van der Waals surface area (Å²) in [6.45, 7) is 1.74. The van der Waals surface area contributed by atoms with Crippen LogP contribution in [0.25, 0.3) is 11.0 Å². The number of amides is 2. The van der Waals surface area contributed by atoms with Gasteiger partial charge in [-0.25, -0.2) is 4.98 Å². The Morgan fingerprint density at radius 3 is 2.61 bits per heavy atom. The molecule has 2 aliphatic rings. The first-order chi connectivity index (χ1) is 16.1. The number of rotatable bonds is 5. The van der Waals surface area contributed by atoms with Crippen molar-refractivity contribution in [2.75, 3.05) is 23.8 Å². The molecule has 0 spiro atoms. The van der Waals surface area contributed by atoms with Gasteiger partial charge in [-0.2, -0.15) is 5.06 Å². The molecule has 1 aliphatic carbocycles. The van der Waals surface area contributed by atoms with Crippen LogP contribution in [0.1, 0.15) is 42.7 Å². The lowest BCUT2D eigenvalue weighted by Gasteiger charge is -2.32. The summed E-state index contributed by atoms with van der Waals surface area (Å²) in [5.74, 6) is -0.330. The number of nitrogens with zero attached hydrogens (tertiary/aromatic N) is 2. The molecule has 0 unspecified atom stereocenters. The third-order valence-electron chi connectivity index (χ3n) is 6.27. The monoisotopic (exact) mass is 468 g/mol. The smallest absolute Gasteiger partial charge is 0.294 e. The Balaban J connectivity index is 1.32. The number of furan rings is 1. The number of hydrogen-bond donors (Lipinski definition) is 2. The van der Waals surface area contributed by atoms with E-state index in [1.54, 1.807) is 18.2 Å². The van der Waals surface area contributed by atoms with Crippen LogP contribution in [0, 0.1) is 5.92 Å². The van der Waals surface area contributed by atoms with Gasteiger partial charge in [0.05, 0.1) is 11.6 Å². The number of benzene rings is 1. The maximum Gasteiger partial charge on any atom is 0.294 e. The van der Waals surface area contributed by atoms with Gasteiger partial charge in [-0.05, 0) is 56.4 Å². The minimum Gasteiger partial charge on any atom is -0.449 e. The first-order valence-corrected chi connectivity index (χ1v) is 11.6. The van der Waals surface area contributed by atoms with E-state index in [1.165, 1.54) is 6.20 Å². The average molecular weight is 469 g/mol. The summed E-state index contributed by atoms with van der Waals surface area (Å²) in [4.78, 5) is 35.9. The van der Waals surface area contributed by atoms with Crippen LogP contribution in [0.5, 0.6) is 0 Å². The molecule has 8 nitrogen and oxygen atoms in total. The first-order valence-electron chi connectivity index (χ1n) is 11.2. The molecule has 1 aliphatic heterocycles. The Bertz CT molecular complexity index is 1150. The fourth-order valence-corrected chi connectivity index (χ4v) is 4.67. The highest BCUT2D eigenvalue weighted by atomic mass is 35.5. The number of halogens is 1. The van der Waals surface area contributed by atoms with Gasteiger partial charge in [-0.15, -0.1) is 0 Å². The molecule has 2 amide bonds. The van der Waals surface area contributed by atoms with Crippen LogP contribution < -0.4 is 10.6 Å². The Morgan fingerprint density at radius 2 is 1.88 bits per heavy atom. The first kappa shape index (κ1) is 21.9. The lowest BCUT2D eigenvalue weighted by atomic mass is 9.85. The van der Waals surface area contributed by atoms with Crippen LogP contribution in [0.2, 0.25) is 5.02 Å². The number of nitrogens with one attached hydrogen (secondary N) is 2. The van der Waals surface area contributed by atoms with Crippen molar-refractivity contribution in [1.82, 2.24) is 10.0 Å². The molecule has 9 heteroatoms. The van der Waals surface area contributed by atoms with Crippen LogP contribution in [-0.4, -0.2) is 41.1 Å². The Morgan fingerprint density at radius 1 is 1.06 bits per heavy atom. The van der Waals surface area contributed by atoms with E-state index in [4.69, 9.17) is 20.9 Å². The molecule has 1 saturated carbocycles. The lowest BCUT2D eigenvalue weighted by molar-refractivity contribution is -0.151. The van der Waals surface area contributed by atoms with Gasteiger partial charge >= 0.3 is 0 Å². The largest absolute Gasteiger partial charge is 0.449 e. The summed E-state index contributed by atoms with van der Waals surface area (Å²) in [5, 5.41) is 8.91. The Hall–Kier alpha value is -2.94. The summed E-state index contributed by atoms with van der Waals surface area (Å²) in [7, 11) is 0. The number of para-hydroxylation sites is 1. The number of carbonyl (C=O) groups is 2. The number of pyridine rings is 1. The normalized spacial score (nSPS) is 21.2. The van der Waals surface area contributed by atoms with Gasteiger partial charge in [0.1, 0.15) is 17.1 Å². The molecular formula is C24H25ClN4O4. The molecule has 3 heterocycles. The van der Waals surface area contributed by atoms with Crippen LogP contribution in [0.15, 0.2) is 47.0 Å². The summed E-state index contributed by atoms with van der Waals surface area (Å²) >= 11 is 5.87. The summed E-state index contributed by atoms with van der Waals surface area (Å²) in [6, 6.07) is 10.9. The summed E-state index contributed by atoms with van der Waals surface area (Å²) in [5.41, 5.74) is 0.906. The number of anilines is 2. The van der Waals surface area contributed by atoms with Crippen LogP contribution in [-0.2, 0) is 9.63 Å². The summed E-state index contributed by atoms with van der Waals surface area (Å²) in [6.07, 6.45) is 5.90. The van der Waals surface area contributed by atoms with Crippen molar-refractivity contribution >= 4 is 45.9 Å². The zero-order chi connectivity index (χ0) is 22.8. The molecule has 33 heavy (non-hydrogen) atoms. The SMILES string of the molecule is O=C(Nc1ccc(Cl)cn1)c1oc2ccccc2c1NC(=O)[C@H]1CC[C@H](N2CCCO2)CC1. The number of aromatic nitrogens is 1. The third-order valence-corrected chi connectivity index (χ3v) is 6.50. The van der Waals surface area contributed by atoms with Crippen molar-refractivity contribution in [3.63, 3.8) is 0 Å². The number of hydrogen-bond acceptors (Lipinski definition) is 6. The fourth-order valence-electron chi connectivity index (χ4n) is 4.56. The van der Waals surface area contributed by atoms with Crippen LogP contribution in [0.4, 0.5) is 11.5 Å². The predicted molar refractivity (Wildman–Crippen MR) is 125 cm³/mol. The molecule has 0 radical (unpaired) electrons. The topological polar surface area (TPSA) is 96.7 Å². The van der Waals surface area contributed by atoms with Crippen molar-refractivity contribution in [1.29, 1.82) is 0 Å². The molecule has 2 N–H and O–H groups in total. The van der Waals surface area contributed by atoms with Crippen LogP contribution in [0.3, 0.4) is 0 Å². The second-order valence-corrected chi connectivity index (χ2v) is 8.88. The van der Waals surface area contributed by atoms with Gasteiger partial charge in [0, 0.05) is 30.1 Å². The molecule has 172 valence electrons. The fraction of sp³-hybridized carbons (Fsp3) is 0.375. The minimum atomic E-state index is -0.494. The van der Waals surface area contributed by atoms with Crippen molar-refractivity contribution in [2.45, 2.75) is 38.1 Å². The van der Waals surface area contributed by atoms with E-state index in [1.807, 2.05) is 18.2 Å². The maximum absolute atomic E-state index is 13.2. The zero-order valence-electron chi connectivity index (χ0n) is 18.1. The molecule has 0 bridgehead atoms. The highest BCUT2D eigenvalue weighted by molar-refractivity contribution is 6.30. The highest BCUT2D eigenvalue weighted by Crippen LogP contribution is 2.34. The van der Waals surface area contributed by atoms with E-state index < -0.39 is 5.91 Å². The van der Waals surface area contributed by atoms with Crippen molar-refractivity contribution in [3.8, 4) is 0 Å². The van der Waals surface area contributed by atoms with E-state index >= 15 is 0 Å². The Kier molecular flexibility index (Phi) is 6.30. The molecule has 1 saturated heterocycles. The molecule has 2 aromatic heterocycles. The van der Waals surface area contributed by atoms with Gasteiger partial charge in [0.2, 0.25) is 11.7 Å². The number of carbonyl (C=O) groups excluding carboxylic acids is 2. The van der Waals surface area contributed by atoms with E-state index in [0.29, 0.717) is 33.5 Å². The van der Waals surface area contributed by atoms with Gasteiger partial charge in [-0.3, -0.25) is 14.4 Å². The van der Waals surface area contributed by atoms with Gasteiger partial charge in [-0.1, -0.05) is 23.7 Å². The van der Waals surface area contributed by atoms with Gasteiger partial charge in [0.25, 0.3) is 5.91 Å². The second-order valence-electron chi connectivity index (χ2n) is 8.44. The molecular weight excluding hydrogens is 444 g/mol. The molecule has 0 atom stereocenters. The number of fused-ring (bicyclic) bond motifs is 1.